The lowest BCUT2D eigenvalue weighted by atomic mass is 9.98. The van der Waals surface area contributed by atoms with Crippen LogP contribution in [0.1, 0.15) is 38.7 Å². The lowest BCUT2D eigenvalue weighted by Crippen LogP contribution is -2.58. The summed E-state index contributed by atoms with van der Waals surface area (Å²) in [6, 6.07) is 5.73. The number of aliphatic carboxylic acids is 1. The highest BCUT2D eigenvalue weighted by Gasteiger charge is 2.32. The minimum absolute atomic E-state index is 0.0502. The summed E-state index contributed by atoms with van der Waals surface area (Å²) in [6.07, 6.45) is 2.31. The van der Waals surface area contributed by atoms with Gasteiger partial charge in [0.15, 0.2) is 0 Å². The van der Waals surface area contributed by atoms with Crippen molar-refractivity contribution in [3.05, 3.63) is 35.9 Å². The first-order valence-electron chi connectivity index (χ1n) is 11.3. The molecule has 5 atom stereocenters. The van der Waals surface area contributed by atoms with Crippen molar-refractivity contribution in [2.24, 2.45) is 5.92 Å². The summed E-state index contributed by atoms with van der Waals surface area (Å²) in [4.78, 5) is 50.1. The highest BCUT2D eigenvalue weighted by atomic mass is 32.1. The number of nitrogens with one attached hydrogen (secondary N) is 4. The number of carbonyl (C=O) groups excluding carboxylic acids is 3. The van der Waals surface area contributed by atoms with Gasteiger partial charge in [-0.3, -0.25) is 14.4 Å². The summed E-state index contributed by atoms with van der Waals surface area (Å²) in [5.41, 5.74) is 0.801. The molecule has 5 N–H and O–H groups in total. The van der Waals surface area contributed by atoms with Crippen LogP contribution in [-0.4, -0.2) is 65.3 Å². The molecule has 0 spiro atoms. The third-order valence-electron chi connectivity index (χ3n) is 5.88. The largest absolute Gasteiger partial charge is 0.480 e. The number of hydrogen-bond acceptors (Lipinski definition) is 6. The molecular formula is C23H34N4O5S. The van der Waals surface area contributed by atoms with Crippen molar-refractivity contribution < 1.29 is 24.3 Å². The summed E-state index contributed by atoms with van der Waals surface area (Å²) >= 11 is 4.19. The summed E-state index contributed by atoms with van der Waals surface area (Å²) in [6.45, 7) is 4.33. The molecule has 33 heavy (non-hydrogen) atoms. The second-order valence-electron chi connectivity index (χ2n) is 8.35. The Bertz CT molecular complexity index is 816. The molecule has 0 saturated carbocycles. The second-order valence-corrected chi connectivity index (χ2v) is 8.72. The van der Waals surface area contributed by atoms with Crippen LogP contribution in [-0.2, 0) is 25.6 Å². The molecule has 1 heterocycles. The Morgan fingerprint density at radius 1 is 1.09 bits per heavy atom. The average Bonchev–Trinajstić information content (AvgIpc) is 3.35. The van der Waals surface area contributed by atoms with Gasteiger partial charge in [-0.2, -0.15) is 12.6 Å². The summed E-state index contributed by atoms with van der Waals surface area (Å²) in [5.74, 6) is -2.80. The molecule has 0 bridgehead atoms. The standard InChI is InChI=1S/C23H34N4O5S/c1-3-14(2)19(23(31)32)27-21(29)17(12-15-8-5-4-6-9-15)25-22(30)18(13-33)26-20(28)16-10-7-11-24-16/h4-6,8-9,14,16-19,24,33H,3,7,10-13H2,1-2H3,(H,25,30)(H,26,28)(H,27,29)(H,31,32). The fourth-order valence-electron chi connectivity index (χ4n) is 3.64. The Hall–Kier alpha value is -2.59. The van der Waals surface area contributed by atoms with Crippen LogP contribution in [0.5, 0.6) is 0 Å². The average molecular weight is 479 g/mol. The molecule has 9 nitrogen and oxygen atoms in total. The third kappa shape index (κ3) is 8.04. The molecule has 1 aliphatic heterocycles. The first kappa shape index (κ1) is 26.7. The number of carboxylic acid groups (broad SMARTS) is 1. The summed E-state index contributed by atoms with van der Waals surface area (Å²) in [7, 11) is 0. The Morgan fingerprint density at radius 3 is 2.30 bits per heavy atom. The van der Waals surface area contributed by atoms with E-state index in [2.05, 4.69) is 33.9 Å². The minimum atomic E-state index is -1.13. The smallest absolute Gasteiger partial charge is 0.326 e. The quantitative estimate of drug-likeness (QED) is 0.242. The topological polar surface area (TPSA) is 137 Å². The van der Waals surface area contributed by atoms with Crippen molar-refractivity contribution >= 4 is 36.3 Å². The van der Waals surface area contributed by atoms with Gasteiger partial charge in [-0.25, -0.2) is 4.79 Å². The molecule has 3 amide bonds. The van der Waals surface area contributed by atoms with E-state index in [1.165, 1.54) is 0 Å². The molecule has 1 aromatic rings. The van der Waals surface area contributed by atoms with Crippen LogP contribution < -0.4 is 21.3 Å². The van der Waals surface area contributed by atoms with Crippen LogP contribution in [0.4, 0.5) is 0 Å². The fraction of sp³-hybridized carbons (Fsp3) is 0.565. The van der Waals surface area contributed by atoms with Gasteiger partial charge < -0.3 is 26.4 Å². The molecule has 0 aromatic heterocycles. The first-order chi connectivity index (χ1) is 15.8. The van der Waals surface area contributed by atoms with E-state index >= 15 is 0 Å². The van der Waals surface area contributed by atoms with E-state index in [9.17, 15) is 24.3 Å². The van der Waals surface area contributed by atoms with Crippen LogP contribution in [0.25, 0.3) is 0 Å². The monoisotopic (exact) mass is 478 g/mol. The molecule has 0 aliphatic carbocycles. The molecular weight excluding hydrogens is 444 g/mol. The zero-order valence-corrected chi connectivity index (χ0v) is 19.9. The van der Waals surface area contributed by atoms with Crippen molar-refractivity contribution in [1.29, 1.82) is 0 Å². The van der Waals surface area contributed by atoms with Crippen molar-refractivity contribution in [2.75, 3.05) is 12.3 Å². The number of amides is 3. The second kappa shape index (κ2) is 13.2. The Kier molecular flexibility index (Phi) is 10.7. The van der Waals surface area contributed by atoms with E-state index in [-0.39, 0.29) is 30.0 Å². The fourth-order valence-corrected chi connectivity index (χ4v) is 3.90. The van der Waals surface area contributed by atoms with Gasteiger partial charge in [0.25, 0.3) is 0 Å². The van der Waals surface area contributed by atoms with Gasteiger partial charge in [-0.05, 0) is 30.9 Å². The maximum atomic E-state index is 13.1. The normalized spacial score (nSPS) is 19.1. The first-order valence-corrected chi connectivity index (χ1v) is 11.9. The number of carboxylic acids is 1. The third-order valence-corrected chi connectivity index (χ3v) is 6.25. The maximum Gasteiger partial charge on any atom is 0.326 e. The Labute approximate surface area is 199 Å². The Morgan fingerprint density at radius 2 is 1.76 bits per heavy atom. The van der Waals surface area contributed by atoms with E-state index in [1.807, 2.05) is 37.3 Å². The van der Waals surface area contributed by atoms with Crippen LogP contribution in [0.3, 0.4) is 0 Å². The van der Waals surface area contributed by atoms with Gasteiger partial charge in [-0.1, -0.05) is 50.6 Å². The molecule has 10 heteroatoms. The molecule has 1 aromatic carbocycles. The Balaban J connectivity index is 2.14. The van der Waals surface area contributed by atoms with E-state index in [1.54, 1.807) is 6.92 Å². The number of benzene rings is 1. The zero-order valence-electron chi connectivity index (χ0n) is 19.0. The number of thiol groups is 1. The van der Waals surface area contributed by atoms with Gasteiger partial charge >= 0.3 is 5.97 Å². The van der Waals surface area contributed by atoms with Gasteiger partial charge in [0.1, 0.15) is 18.1 Å². The highest BCUT2D eigenvalue weighted by Crippen LogP contribution is 2.10. The summed E-state index contributed by atoms with van der Waals surface area (Å²) in [5, 5.41) is 20.6. The molecule has 5 unspecified atom stereocenters. The predicted molar refractivity (Wildman–Crippen MR) is 128 cm³/mol. The van der Waals surface area contributed by atoms with Gasteiger partial charge in [-0.15, -0.1) is 0 Å². The lowest BCUT2D eigenvalue weighted by Gasteiger charge is -2.26. The van der Waals surface area contributed by atoms with Crippen LogP contribution >= 0.6 is 12.6 Å². The van der Waals surface area contributed by atoms with Gasteiger partial charge in [0, 0.05) is 12.2 Å². The van der Waals surface area contributed by atoms with E-state index in [0.717, 1.165) is 18.5 Å². The molecule has 2 rings (SSSR count). The van der Waals surface area contributed by atoms with E-state index in [0.29, 0.717) is 12.8 Å². The zero-order chi connectivity index (χ0) is 24.4. The van der Waals surface area contributed by atoms with Crippen molar-refractivity contribution in [2.45, 2.75) is 63.7 Å². The van der Waals surface area contributed by atoms with Gasteiger partial charge in [0.2, 0.25) is 17.7 Å². The number of hydrogen-bond donors (Lipinski definition) is 6. The molecule has 0 radical (unpaired) electrons. The SMILES string of the molecule is CCC(C)C(NC(=O)C(Cc1ccccc1)NC(=O)C(CS)NC(=O)C1CCCN1)C(=O)O. The minimum Gasteiger partial charge on any atom is -0.480 e. The van der Waals surface area contributed by atoms with Crippen LogP contribution in [0.15, 0.2) is 30.3 Å². The van der Waals surface area contributed by atoms with Crippen LogP contribution in [0, 0.1) is 5.92 Å². The van der Waals surface area contributed by atoms with Gasteiger partial charge in [0.05, 0.1) is 6.04 Å². The number of carbonyl (C=O) groups is 4. The highest BCUT2D eigenvalue weighted by molar-refractivity contribution is 7.80. The van der Waals surface area contributed by atoms with Crippen LogP contribution in [0.2, 0.25) is 0 Å². The lowest BCUT2D eigenvalue weighted by molar-refractivity contribution is -0.143. The number of rotatable bonds is 12. The van der Waals surface area contributed by atoms with E-state index in [4.69, 9.17) is 0 Å². The van der Waals surface area contributed by atoms with Crippen molar-refractivity contribution in [3.8, 4) is 0 Å². The van der Waals surface area contributed by atoms with Crippen molar-refractivity contribution in [1.82, 2.24) is 21.3 Å². The molecule has 1 aliphatic rings. The molecule has 1 saturated heterocycles. The summed E-state index contributed by atoms with van der Waals surface area (Å²) < 4.78 is 0. The molecule has 1 fully saturated rings. The van der Waals surface area contributed by atoms with E-state index < -0.39 is 35.9 Å². The maximum absolute atomic E-state index is 13.1. The molecule has 182 valence electrons. The van der Waals surface area contributed by atoms with Crippen molar-refractivity contribution in [3.63, 3.8) is 0 Å². The predicted octanol–water partition coefficient (Wildman–Crippen LogP) is 0.496.